The Kier molecular flexibility index (Phi) is 8.35. The molecule has 2 N–H and O–H groups in total. The highest BCUT2D eigenvalue weighted by Gasteiger charge is 2.48. The smallest absolute Gasteiger partial charge is 0.406 e. The van der Waals surface area contributed by atoms with Crippen molar-refractivity contribution in [2.75, 3.05) is 11.4 Å². The molecule has 230 valence electrons. The van der Waals surface area contributed by atoms with Crippen molar-refractivity contribution in [1.29, 1.82) is 0 Å². The minimum atomic E-state index is -4.79. The Morgan fingerprint density at radius 2 is 1.72 bits per heavy atom. The first kappa shape index (κ1) is 30.3. The van der Waals surface area contributed by atoms with E-state index >= 15 is 0 Å². The standard InChI is InChI=1S/C30H36F3N7O3/c1-28(2,3)22-12-14-29(15-13-22)16-17-39(23-8-10-24(11-9-23)43-30(31,32)33)27(42)40(29)19-20-4-6-21(7-5-20)26(41)34-18-25-35-37-38-36-25/h4-11,22H,12-19H2,1-3H3,(H,34,41)(H,35,36,37,38). The molecule has 1 aromatic heterocycles. The lowest BCUT2D eigenvalue weighted by atomic mass is 9.65. The first-order valence-electron chi connectivity index (χ1n) is 14.4. The Bertz CT molecular complexity index is 1400. The number of alkyl halides is 3. The lowest BCUT2D eigenvalue weighted by Gasteiger charge is -2.54. The van der Waals surface area contributed by atoms with E-state index in [2.05, 4.69) is 51.4 Å². The van der Waals surface area contributed by atoms with Gasteiger partial charge in [0.05, 0.1) is 6.54 Å². The molecule has 0 radical (unpaired) electrons. The fourth-order valence-corrected chi connectivity index (χ4v) is 6.21. The van der Waals surface area contributed by atoms with Crippen molar-refractivity contribution in [3.8, 4) is 5.75 Å². The summed E-state index contributed by atoms with van der Waals surface area (Å²) < 4.78 is 42.0. The average Bonchev–Trinajstić information content (AvgIpc) is 3.48. The number of urea groups is 1. The molecule has 10 nitrogen and oxygen atoms in total. The van der Waals surface area contributed by atoms with E-state index in [4.69, 9.17) is 0 Å². The van der Waals surface area contributed by atoms with Crippen LogP contribution < -0.4 is 15.0 Å². The highest BCUT2D eigenvalue weighted by Crippen LogP contribution is 2.47. The fraction of sp³-hybridized carbons (Fsp3) is 0.500. The summed E-state index contributed by atoms with van der Waals surface area (Å²) in [6.07, 6.45) is -0.267. The van der Waals surface area contributed by atoms with E-state index < -0.39 is 6.36 Å². The second-order valence-corrected chi connectivity index (χ2v) is 12.4. The summed E-state index contributed by atoms with van der Waals surface area (Å²) >= 11 is 0. The molecule has 1 saturated heterocycles. The predicted octanol–water partition coefficient (Wildman–Crippen LogP) is 5.84. The minimum absolute atomic E-state index is 0.160. The van der Waals surface area contributed by atoms with Crippen LogP contribution in [-0.4, -0.2) is 55.9 Å². The Hall–Kier alpha value is -4.16. The molecule has 5 rings (SSSR count). The van der Waals surface area contributed by atoms with Crippen molar-refractivity contribution >= 4 is 17.6 Å². The third kappa shape index (κ3) is 7.08. The van der Waals surface area contributed by atoms with Gasteiger partial charge in [-0.25, -0.2) is 9.89 Å². The van der Waals surface area contributed by atoms with Gasteiger partial charge in [-0.05, 0) is 95.8 Å². The molecule has 13 heteroatoms. The number of aromatic amines is 1. The van der Waals surface area contributed by atoms with E-state index in [0.29, 0.717) is 36.1 Å². The van der Waals surface area contributed by atoms with Gasteiger partial charge in [0.25, 0.3) is 5.91 Å². The highest BCUT2D eigenvalue weighted by molar-refractivity contribution is 5.94. The summed E-state index contributed by atoms with van der Waals surface area (Å²) in [5, 5.41) is 16.1. The van der Waals surface area contributed by atoms with Crippen LogP contribution in [0.15, 0.2) is 48.5 Å². The van der Waals surface area contributed by atoms with Gasteiger partial charge in [0.15, 0.2) is 5.82 Å². The number of H-pyrrole nitrogens is 1. The molecule has 1 saturated carbocycles. The number of hydrogen-bond acceptors (Lipinski definition) is 6. The van der Waals surface area contributed by atoms with Gasteiger partial charge >= 0.3 is 12.4 Å². The zero-order valence-electron chi connectivity index (χ0n) is 24.4. The number of carbonyl (C=O) groups excluding carboxylic acids is 2. The number of anilines is 1. The van der Waals surface area contributed by atoms with Crippen molar-refractivity contribution in [2.24, 2.45) is 11.3 Å². The first-order chi connectivity index (χ1) is 20.3. The van der Waals surface area contributed by atoms with Gasteiger partial charge < -0.3 is 15.0 Å². The van der Waals surface area contributed by atoms with E-state index in [1.54, 1.807) is 17.0 Å². The van der Waals surface area contributed by atoms with E-state index in [-0.39, 0.29) is 35.2 Å². The summed E-state index contributed by atoms with van der Waals surface area (Å²) in [7, 11) is 0. The second-order valence-electron chi connectivity index (χ2n) is 12.4. The van der Waals surface area contributed by atoms with Crippen LogP contribution in [0.1, 0.15) is 74.6 Å². The van der Waals surface area contributed by atoms with Crippen LogP contribution in [-0.2, 0) is 13.1 Å². The summed E-state index contributed by atoms with van der Waals surface area (Å²) in [5.41, 5.74) is 1.70. The fourth-order valence-electron chi connectivity index (χ4n) is 6.21. The number of amides is 3. The number of ether oxygens (including phenoxy) is 1. The summed E-state index contributed by atoms with van der Waals surface area (Å²) in [4.78, 5) is 30.3. The molecule has 2 aliphatic rings. The minimum Gasteiger partial charge on any atom is -0.406 e. The Labute approximate surface area is 248 Å². The largest absolute Gasteiger partial charge is 0.573 e. The zero-order chi connectivity index (χ0) is 30.8. The van der Waals surface area contributed by atoms with Gasteiger partial charge in [0.1, 0.15) is 5.75 Å². The van der Waals surface area contributed by atoms with E-state index in [1.807, 2.05) is 17.0 Å². The third-order valence-electron chi connectivity index (χ3n) is 8.72. The zero-order valence-corrected chi connectivity index (χ0v) is 24.4. The van der Waals surface area contributed by atoms with E-state index in [1.165, 1.54) is 24.3 Å². The highest BCUT2D eigenvalue weighted by atomic mass is 19.4. The Morgan fingerprint density at radius 1 is 1.05 bits per heavy atom. The summed E-state index contributed by atoms with van der Waals surface area (Å²) in [5.74, 6) is 0.376. The molecular weight excluding hydrogens is 563 g/mol. The molecule has 2 aromatic carbocycles. The SMILES string of the molecule is CC(C)(C)C1CCC2(CC1)CCN(c1ccc(OC(F)(F)F)cc1)C(=O)N2Cc1ccc(C(=O)NCc2nnn[nH]2)cc1. The molecule has 2 fully saturated rings. The van der Waals surface area contributed by atoms with Crippen LogP contribution in [0.5, 0.6) is 5.75 Å². The van der Waals surface area contributed by atoms with Gasteiger partial charge in [-0.1, -0.05) is 32.9 Å². The Balaban J connectivity index is 1.34. The van der Waals surface area contributed by atoms with E-state index in [0.717, 1.165) is 37.7 Å². The van der Waals surface area contributed by atoms with Crippen molar-refractivity contribution in [1.82, 2.24) is 30.8 Å². The number of tetrazole rings is 1. The molecule has 0 atom stereocenters. The van der Waals surface area contributed by atoms with Gasteiger partial charge in [-0.2, -0.15) is 0 Å². The molecule has 0 unspecified atom stereocenters. The average molecular weight is 600 g/mol. The number of nitrogens with zero attached hydrogens (tertiary/aromatic N) is 5. The molecule has 3 aromatic rings. The number of halogens is 3. The van der Waals surface area contributed by atoms with Crippen molar-refractivity contribution in [3.05, 3.63) is 65.5 Å². The predicted molar refractivity (Wildman–Crippen MR) is 152 cm³/mol. The molecular formula is C30H36F3N7O3. The maximum absolute atomic E-state index is 14.1. The lowest BCUT2D eigenvalue weighted by Crippen LogP contribution is -2.63. The first-order valence-corrected chi connectivity index (χ1v) is 14.4. The topological polar surface area (TPSA) is 116 Å². The summed E-state index contributed by atoms with van der Waals surface area (Å²) in [6.45, 7) is 7.74. The number of hydrogen-bond donors (Lipinski definition) is 2. The molecule has 1 aliphatic carbocycles. The molecule has 3 amide bonds. The van der Waals surface area contributed by atoms with Crippen molar-refractivity contribution < 1.29 is 27.5 Å². The quantitative estimate of drug-likeness (QED) is 0.353. The van der Waals surface area contributed by atoms with Crippen LogP contribution >= 0.6 is 0 Å². The number of rotatable bonds is 7. The van der Waals surface area contributed by atoms with Crippen molar-refractivity contribution in [3.63, 3.8) is 0 Å². The number of nitrogens with one attached hydrogen (secondary N) is 2. The Morgan fingerprint density at radius 3 is 2.30 bits per heavy atom. The van der Waals surface area contributed by atoms with Gasteiger partial charge in [-0.15, -0.1) is 18.3 Å². The van der Waals surface area contributed by atoms with Crippen molar-refractivity contribution in [2.45, 2.75) is 77.9 Å². The molecule has 1 aliphatic heterocycles. The second kappa shape index (κ2) is 11.8. The van der Waals surface area contributed by atoms with Crippen LogP contribution in [0.3, 0.4) is 0 Å². The van der Waals surface area contributed by atoms with Crippen LogP contribution in [0.2, 0.25) is 0 Å². The molecule has 43 heavy (non-hydrogen) atoms. The van der Waals surface area contributed by atoms with Gasteiger partial charge in [-0.3, -0.25) is 9.69 Å². The van der Waals surface area contributed by atoms with Crippen LogP contribution in [0.4, 0.5) is 23.7 Å². The van der Waals surface area contributed by atoms with E-state index in [9.17, 15) is 22.8 Å². The molecule has 0 bridgehead atoms. The lowest BCUT2D eigenvalue weighted by molar-refractivity contribution is -0.274. The number of aromatic nitrogens is 4. The number of carbonyl (C=O) groups is 2. The van der Waals surface area contributed by atoms with Crippen LogP contribution in [0, 0.1) is 11.3 Å². The normalized spacial score (nSPS) is 21.3. The molecule has 1 spiro atoms. The molecule has 2 heterocycles. The number of benzene rings is 2. The monoisotopic (exact) mass is 599 g/mol. The third-order valence-corrected chi connectivity index (χ3v) is 8.72. The van der Waals surface area contributed by atoms with Gasteiger partial charge in [0, 0.05) is 29.9 Å². The maximum Gasteiger partial charge on any atom is 0.573 e. The van der Waals surface area contributed by atoms with Gasteiger partial charge in [0.2, 0.25) is 0 Å². The summed E-state index contributed by atoms with van der Waals surface area (Å²) in [6, 6.07) is 12.3. The van der Waals surface area contributed by atoms with Crippen LogP contribution in [0.25, 0.3) is 0 Å². The maximum atomic E-state index is 14.1.